The van der Waals surface area contributed by atoms with Crippen molar-refractivity contribution in [3.05, 3.63) is 137 Å². The second-order valence-corrected chi connectivity index (χ2v) is 10.9. The van der Waals surface area contributed by atoms with Crippen LogP contribution in [0.1, 0.15) is 68.9 Å². The molecule has 0 spiro atoms. The summed E-state index contributed by atoms with van der Waals surface area (Å²) in [7, 11) is 1.60. The van der Waals surface area contributed by atoms with Gasteiger partial charge >= 0.3 is 0 Å². The lowest BCUT2D eigenvalue weighted by Gasteiger charge is -2.26. The molecule has 4 aromatic carbocycles. The first-order valence-electron chi connectivity index (χ1n) is 14.6. The molecule has 43 heavy (non-hydrogen) atoms. The highest BCUT2D eigenvalue weighted by Gasteiger charge is 2.24. The summed E-state index contributed by atoms with van der Waals surface area (Å²) in [6.45, 7) is 6.28. The molecule has 0 aliphatic carbocycles. The van der Waals surface area contributed by atoms with Gasteiger partial charge in [-0.3, -0.25) is 9.59 Å². The fourth-order valence-electron chi connectivity index (χ4n) is 4.89. The second kappa shape index (κ2) is 15.1. The van der Waals surface area contributed by atoms with Crippen LogP contribution in [0.5, 0.6) is 5.75 Å². The highest BCUT2D eigenvalue weighted by atomic mass is 16.5. The quantitative estimate of drug-likeness (QED) is 0.167. The van der Waals surface area contributed by atoms with E-state index in [0.29, 0.717) is 23.3 Å². The fraction of sp³-hybridized carbons (Fsp3) is 0.278. The van der Waals surface area contributed by atoms with Crippen molar-refractivity contribution < 1.29 is 19.4 Å². The Balaban J connectivity index is 1.44. The third-order valence-corrected chi connectivity index (χ3v) is 7.62. The summed E-state index contributed by atoms with van der Waals surface area (Å²) in [4.78, 5) is 26.5. The van der Waals surface area contributed by atoms with Gasteiger partial charge in [-0.1, -0.05) is 78.4 Å². The summed E-state index contributed by atoms with van der Waals surface area (Å²) in [5.74, 6) is 0.0616. The van der Waals surface area contributed by atoms with E-state index in [9.17, 15) is 14.7 Å². The monoisotopic (exact) mass is 579 g/mol. The number of hydrogen-bond acceptors (Lipinski definition) is 5. The number of aryl methyl sites for hydroxylation is 1. The molecule has 0 unspecified atom stereocenters. The molecule has 4 rings (SSSR count). The molecule has 0 heterocycles. The molecule has 7 nitrogen and oxygen atoms in total. The lowest BCUT2D eigenvalue weighted by molar-refractivity contribution is 0.0825. The van der Waals surface area contributed by atoms with Gasteiger partial charge in [-0.2, -0.15) is 0 Å². The van der Waals surface area contributed by atoms with Crippen LogP contribution in [-0.2, 0) is 6.42 Å². The molecular formula is C36H41N3O4. The van der Waals surface area contributed by atoms with Crippen molar-refractivity contribution >= 4 is 11.8 Å². The molecule has 224 valence electrons. The Bertz CT molecular complexity index is 1490. The van der Waals surface area contributed by atoms with Crippen molar-refractivity contribution in [2.45, 2.75) is 51.4 Å². The van der Waals surface area contributed by atoms with E-state index >= 15 is 0 Å². The predicted molar refractivity (Wildman–Crippen MR) is 170 cm³/mol. The zero-order chi connectivity index (χ0) is 30.8. The van der Waals surface area contributed by atoms with Gasteiger partial charge in [-0.05, 0) is 74.2 Å². The molecule has 0 aliphatic rings. The number of methoxy groups -OCH3 is 1. The van der Waals surface area contributed by atoms with Crippen LogP contribution in [0.4, 0.5) is 0 Å². The number of aliphatic hydroxyl groups is 1. The largest absolute Gasteiger partial charge is 0.497 e. The second-order valence-electron chi connectivity index (χ2n) is 10.9. The smallest absolute Gasteiger partial charge is 0.251 e. The molecule has 0 aliphatic heterocycles. The Morgan fingerprint density at radius 3 is 2.07 bits per heavy atom. The molecule has 4 aromatic rings. The number of nitrogens with one attached hydrogen (secondary N) is 3. The molecule has 2 amide bonds. The highest BCUT2D eigenvalue weighted by Crippen LogP contribution is 2.20. The lowest BCUT2D eigenvalue weighted by Crippen LogP contribution is -2.49. The number of aliphatic hydroxyl groups excluding tert-OH is 1. The Hall–Kier alpha value is -4.46. The summed E-state index contributed by atoms with van der Waals surface area (Å²) in [5.41, 5.74) is 4.93. The topological polar surface area (TPSA) is 99.7 Å². The average molecular weight is 580 g/mol. The van der Waals surface area contributed by atoms with Crippen molar-refractivity contribution in [1.29, 1.82) is 0 Å². The summed E-state index contributed by atoms with van der Waals surface area (Å²) in [5, 5.41) is 20.7. The van der Waals surface area contributed by atoms with Gasteiger partial charge in [-0.25, -0.2) is 0 Å². The predicted octanol–water partition coefficient (Wildman–Crippen LogP) is 5.55. The maximum atomic E-state index is 13.4. The minimum absolute atomic E-state index is 0.0258. The minimum atomic E-state index is -0.854. The highest BCUT2D eigenvalue weighted by molar-refractivity contribution is 5.99. The lowest BCUT2D eigenvalue weighted by atomic mass is 9.99. The van der Waals surface area contributed by atoms with Crippen molar-refractivity contribution in [2.75, 3.05) is 13.7 Å². The molecule has 0 saturated carbocycles. The number of carbonyl (C=O) groups excluding carboxylic acids is 2. The number of amides is 2. The van der Waals surface area contributed by atoms with Gasteiger partial charge < -0.3 is 25.8 Å². The molecule has 4 atom stereocenters. The summed E-state index contributed by atoms with van der Waals surface area (Å²) in [6.07, 6.45) is -0.403. The molecule has 0 saturated heterocycles. The van der Waals surface area contributed by atoms with Crippen LogP contribution >= 0.6 is 0 Å². The molecule has 0 fully saturated rings. The van der Waals surface area contributed by atoms with Gasteiger partial charge in [-0.15, -0.1) is 0 Å². The average Bonchev–Trinajstić information content (AvgIpc) is 3.04. The van der Waals surface area contributed by atoms with Gasteiger partial charge in [0.25, 0.3) is 11.8 Å². The number of ether oxygens (including phenoxy) is 1. The van der Waals surface area contributed by atoms with Crippen LogP contribution in [0, 0.1) is 6.92 Å². The van der Waals surface area contributed by atoms with Crippen LogP contribution in [0.2, 0.25) is 0 Å². The Morgan fingerprint density at radius 2 is 1.40 bits per heavy atom. The molecule has 0 aromatic heterocycles. The first kappa shape index (κ1) is 31.5. The molecule has 0 bridgehead atoms. The zero-order valence-corrected chi connectivity index (χ0v) is 25.2. The summed E-state index contributed by atoms with van der Waals surface area (Å²) >= 11 is 0. The van der Waals surface area contributed by atoms with Gasteiger partial charge in [0.2, 0.25) is 0 Å². The van der Waals surface area contributed by atoms with Crippen LogP contribution in [-0.4, -0.2) is 42.7 Å². The van der Waals surface area contributed by atoms with E-state index in [0.717, 1.165) is 16.7 Å². The van der Waals surface area contributed by atoms with Gasteiger partial charge in [0, 0.05) is 23.7 Å². The van der Waals surface area contributed by atoms with Crippen molar-refractivity contribution in [1.82, 2.24) is 16.0 Å². The van der Waals surface area contributed by atoms with E-state index < -0.39 is 12.1 Å². The summed E-state index contributed by atoms with van der Waals surface area (Å²) in [6, 6.07) is 31.4. The van der Waals surface area contributed by atoms with Crippen molar-refractivity contribution in [3.63, 3.8) is 0 Å². The van der Waals surface area contributed by atoms with Crippen molar-refractivity contribution in [3.8, 4) is 5.75 Å². The third-order valence-electron chi connectivity index (χ3n) is 7.62. The summed E-state index contributed by atoms with van der Waals surface area (Å²) < 4.78 is 5.29. The van der Waals surface area contributed by atoms with E-state index in [2.05, 4.69) is 40.2 Å². The maximum Gasteiger partial charge on any atom is 0.251 e. The van der Waals surface area contributed by atoms with Crippen LogP contribution in [0.3, 0.4) is 0 Å². The van der Waals surface area contributed by atoms with Crippen LogP contribution < -0.4 is 20.7 Å². The number of benzene rings is 4. The van der Waals surface area contributed by atoms with E-state index in [4.69, 9.17) is 4.74 Å². The third kappa shape index (κ3) is 9.01. The van der Waals surface area contributed by atoms with E-state index in [1.807, 2.05) is 75.4 Å². The van der Waals surface area contributed by atoms with Crippen LogP contribution in [0.25, 0.3) is 0 Å². The molecule has 0 radical (unpaired) electrons. The van der Waals surface area contributed by atoms with E-state index in [1.54, 1.807) is 31.4 Å². The Kier molecular flexibility index (Phi) is 11.1. The number of hydrogen-bond donors (Lipinski definition) is 4. The van der Waals surface area contributed by atoms with Gasteiger partial charge in [0.1, 0.15) is 5.75 Å². The zero-order valence-electron chi connectivity index (χ0n) is 25.2. The van der Waals surface area contributed by atoms with E-state index in [1.165, 1.54) is 5.56 Å². The van der Waals surface area contributed by atoms with Gasteiger partial charge in [0.05, 0.1) is 25.3 Å². The van der Waals surface area contributed by atoms with Crippen molar-refractivity contribution in [2.24, 2.45) is 0 Å². The van der Waals surface area contributed by atoms with E-state index in [-0.39, 0.29) is 30.4 Å². The van der Waals surface area contributed by atoms with Crippen LogP contribution in [0.15, 0.2) is 103 Å². The number of carbonyl (C=O) groups is 2. The molecule has 4 N–H and O–H groups in total. The number of rotatable bonds is 13. The fourth-order valence-corrected chi connectivity index (χ4v) is 4.89. The Labute approximate surface area is 254 Å². The SMILES string of the molecule is COc1cccc([C@@H](C)NC(=O)c2cccc(C(=O)N[C@@H](Cc3ccccc3)[C@H](O)CN[C@H](C)c3ccc(C)cc3)c2)c1. The molecular weight excluding hydrogens is 538 g/mol. The van der Waals surface area contributed by atoms with Gasteiger partial charge in [0.15, 0.2) is 0 Å². The Morgan fingerprint density at radius 1 is 0.744 bits per heavy atom. The standard InChI is InChI=1S/C36H41N3O4/c1-24-16-18-28(19-17-24)25(2)37-23-34(40)33(20-27-10-6-5-7-11-27)39-36(42)31-14-8-13-30(21-31)35(41)38-26(3)29-12-9-15-32(22-29)43-4/h5-19,21-22,25-26,33-34,37,40H,20,23H2,1-4H3,(H,38,41)(H,39,42)/t25-,26-,33+,34-/m1/s1. The molecule has 7 heteroatoms. The first-order valence-corrected chi connectivity index (χ1v) is 14.6. The maximum absolute atomic E-state index is 13.4. The first-order chi connectivity index (χ1) is 20.7. The minimum Gasteiger partial charge on any atom is -0.497 e. The normalized spacial score (nSPS) is 13.8.